The molecule has 0 bridgehead atoms. The van der Waals surface area contributed by atoms with Gasteiger partial charge >= 0.3 is 0 Å². The Morgan fingerprint density at radius 1 is 1.46 bits per heavy atom. The molecule has 0 saturated carbocycles. The quantitative estimate of drug-likeness (QED) is 0.760. The Morgan fingerprint density at radius 3 is 2.85 bits per heavy atom. The Kier molecular flexibility index (Phi) is 7.32. The number of sulfonamides is 1. The molecule has 1 aliphatic heterocycles. The standard InChI is InChI=1S/C18H27ClN2O4S/c1-4-6-13(2)20-18(22)14-7-5-10-21(12-14)26(23,24)17-11-15(19)8-9-16(17)25-3/h8-9,11,13-14H,4-7,10,12H2,1-3H3,(H,20,22)/t13-,14+/m0/s1. The Hall–Kier alpha value is -1.31. The average molecular weight is 403 g/mol. The van der Waals surface area contributed by atoms with Gasteiger partial charge < -0.3 is 10.1 Å². The summed E-state index contributed by atoms with van der Waals surface area (Å²) in [6.45, 7) is 4.58. The zero-order valence-electron chi connectivity index (χ0n) is 15.5. The normalized spacial score (nSPS) is 19.8. The second-order valence-electron chi connectivity index (χ2n) is 6.70. The summed E-state index contributed by atoms with van der Waals surface area (Å²) < 4.78 is 32.7. The number of ether oxygens (including phenoxy) is 1. The number of carbonyl (C=O) groups excluding carboxylic acids is 1. The number of amides is 1. The van der Waals surface area contributed by atoms with Gasteiger partial charge in [0, 0.05) is 24.2 Å². The van der Waals surface area contributed by atoms with E-state index >= 15 is 0 Å². The molecule has 2 atom stereocenters. The molecule has 26 heavy (non-hydrogen) atoms. The second kappa shape index (κ2) is 9.06. The number of rotatable bonds is 7. The van der Waals surface area contributed by atoms with E-state index < -0.39 is 10.0 Å². The molecule has 2 rings (SSSR count). The van der Waals surface area contributed by atoms with E-state index in [1.54, 1.807) is 6.07 Å². The van der Waals surface area contributed by atoms with Gasteiger partial charge in [-0.2, -0.15) is 4.31 Å². The molecule has 1 amide bonds. The predicted molar refractivity (Wildman–Crippen MR) is 102 cm³/mol. The van der Waals surface area contributed by atoms with Crippen molar-refractivity contribution in [1.29, 1.82) is 0 Å². The van der Waals surface area contributed by atoms with Gasteiger partial charge in [0.15, 0.2) is 0 Å². The Bertz CT molecular complexity index is 739. The van der Waals surface area contributed by atoms with Crippen molar-refractivity contribution in [1.82, 2.24) is 9.62 Å². The summed E-state index contributed by atoms with van der Waals surface area (Å²) in [5.74, 6) is -0.176. The van der Waals surface area contributed by atoms with Gasteiger partial charge in [-0.25, -0.2) is 8.42 Å². The first kappa shape index (κ1) is 21.0. The molecular formula is C18H27ClN2O4S. The third-order valence-corrected chi connectivity index (χ3v) is 6.73. The van der Waals surface area contributed by atoms with Gasteiger partial charge in [-0.05, 0) is 44.4 Å². The number of hydrogen-bond donors (Lipinski definition) is 1. The lowest BCUT2D eigenvalue weighted by molar-refractivity contribution is -0.126. The zero-order valence-corrected chi connectivity index (χ0v) is 17.1. The summed E-state index contributed by atoms with van der Waals surface area (Å²) >= 11 is 5.98. The van der Waals surface area contributed by atoms with Crippen LogP contribution >= 0.6 is 11.6 Å². The summed E-state index contributed by atoms with van der Waals surface area (Å²) in [4.78, 5) is 12.5. The van der Waals surface area contributed by atoms with Crippen LogP contribution in [0, 0.1) is 5.92 Å². The highest BCUT2D eigenvalue weighted by Gasteiger charge is 2.35. The number of nitrogens with one attached hydrogen (secondary N) is 1. The lowest BCUT2D eigenvalue weighted by Crippen LogP contribution is -2.47. The highest BCUT2D eigenvalue weighted by atomic mass is 35.5. The fraction of sp³-hybridized carbons (Fsp3) is 0.611. The van der Waals surface area contributed by atoms with Gasteiger partial charge in [0.2, 0.25) is 15.9 Å². The maximum absolute atomic E-state index is 13.1. The first-order valence-corrected chi connectivity index (χ1v) is 10.8. The minimum Gasteiger partial charge on any atom is -0.495 e. The van der Waals surface area contributed by atoms with Crippen LogP contribution in [0.1, 0.15) is 39.5 Å². The second-order valence-corrected chi connectivity index (χ2v) is 9.04. The van der Waals surface area contributed by atoms with Crippen molar-refractivity contribution in [3.05, 3.63) is 23.2 Å². The molecule has 1 heterocycles. The van der Waals surface area contributed by atoms with Crippen LogP contribution in [0.25, 0.3) is 0 Å². The smallest absolute Gasteiger partial charge is 0.246 e. The first-order valence-electron chi connectivity index (χ1n) is 8.93. The fourth-order valence-electron chi connectivity index (χ4n) is 3.23. The van der Waals surface area contributed by atoms with E-state index in [1.165, 1.54) is 23.5 Å². The lowest BCUT2D eigenvalue weighted by atomic mass is 9.98. The number of methoxy groups -OCH3 is 1. The van der Waals surface area contributed by atoms with Crippen LogP contribution in [0.2, 0.25) is 5.02 Å². The van der Waals surface area contributed by atoms with Gasteiger partial charge in [-0.3, -0.25) is 4.79 Å². The molecule has 0 spiro atoms. The van der Waals surface area contributed by atoms with Crippen LogP contribution in [0.4, 0.5) is 0 Å². The molecule has 1 aliphatic rings. The molecule has 0 unspecified atom stereocenters. The summed E-state index contributed by atoms with van der Waals surface area (Å²) in [6, 6.07) is 4.60. The molecule has 1 N–H and O–H groups in total. The summed E-state index contributed by atoms with van der Waals surface area (Å²) in [5, 5.41) is 3.31. The average Bonchev–Trinajstić information content (AvgIpc) is 2.62. The molecule has 0 radical (unpaired) electrons. The van der Waals surface area contributed by atoms with Gasteiger partial charge in [0.1, 0.15) is 10.6 Å². The van der Waals surface area contributed by atoms with Crippen LogP contribution < -0.4 is 10.1 Å². The number of carbonyl (C=O) groups is 1. The number of piperidine rings is 1. The number of benzene rings is 1. The lowest BCUT2D eigenvalue weighted by Gasteiger charge is -2.32. The van der Waals surface area contributed by atoms with Crippen molar-refractivity contribution in [3.8, 4) is 5.75 Å². The molecule has 1 aromatic carbocycles. The van der Waals surface area contributed by atoms with E-state index in [1.807, 2.05) is 6.92 Å². The maximum atomic E-state index is 13.1. The largest absolute Gasteiger partial charge is 0.495 e. The molecule has 6 nitrogen and oxygen atoms in total. The minimum atomic E-state index is -3.79. The monoisotopic (exact) mass is 402 g/mol. The van der Waals surface area contributed by atoms with Crippen molar-refractivity contribution >= 4 is 27.5 Å². The zero-order chi connectivity index (χ0) is 19.3. The molecule has 8 heteroatoms. The molecule has 1 saturated heterocycles. The number of halogens is 1. The topological polar surface area (TPSA) is 75.7 Å². The Balaban J connectivity index is 2.18. The fourth-order valence-corrected chi connectivity index (χ4v) is 5.17. The SMILES string of the molecule is CCC[C@H](C)NC(=O)[C@@H]1CCCN(S(=O)(=O)c2cc(Cl)ccc2OC)C1. The minimum absolute atomic E-state index is 0.0351. The molecule has 1 fully saturated rings. The van der Waals surface area contributed by atoms with Crippen molar-refractivity contribution in [3.63, 3.8) is 0 Å². The van der Waals surface area contributed by atoms with E-state index in [0.717, 1.165) is 12.8 Å². The Labute approximate surface area is 160 Å². The van der Waals surface area contributed by atoms with Crippen LogP contribution in [-0.2, 0) is 14.8 Å². The third kappa shape index (κ3) is 4.90. The van der Waals surface area contributed by atoms with Crippen molar-refractivity contribution in [2.24, 2.45) is 5.92 Å². The highest BCUT2D eigenvalue weighted by molar-refractivity contribution is 7.89. The molecule has 0 aromatic heterocycles. The van der Waals surface area contributed by atoms with Crippen LogP contribution in [0.15, 0.2) is 23.1 Å². The van der Waals surface area contributed by atoms with E-state index in [9.17, 15) is 13.2 Å². The number of nitrogens with zero attached hydrogens (tertiary/aromatic N) is 1. The summed E-state index contributed by atoms with van der Waals surface area (Å²) in [7, 11) is -2.37. The highest BCUT2D eigenvalue weighted by Crippen LogP contribution is 2.32. The van der Waals surface area contributed by atoms with Gasteiger partial charge in [-0.15, -0.1) is 0 Å². The van der Waals surface area contributed by atoms with E-state index in [2.05, 4.69) is 12.2 Å². The summed E-state index contributed by atoms with van der Waals surface area (Å²) in [6.07, 6.45) is 3.22. The van der Waals surface area contributed by atoms with Gasteiger partial charge in [-0.1, -0.05) is 24.9 Å². The van der Waals surface area contributed by atoms with Crippen molar-refractivity contribution < 1.29 is 17.9 Å². The van der Waals surface area contributed by atoms with Gasteiger partial charge in [0.05, 0.1) is 13.0 Å². The van der Waals surface area contributed by atoms with E-state index in [-0.39, 0.29) is 35.1 Å². The Morgan fingerprint density at radius 2 is 2.19 bits per heavy atom. The first-order chi connectivity index (χ1) is 12.3. The van der Waals surface area contributed by atoms with E-state index in [0.29, 0.717) is 24.4 Å². The molecule has 0 aliphatic carbocycles. The number of hydrogen-bond acceptors (Lipinski definition) is 4. The summed E-state index contributed by atoms with van der Waals surface area (Å²) in [5.41, 5.74) is 0. The predicted octanol–water partition coefficient (Wildman–Crippen LogP) is 3.05. The van der Waals surface area contributed by atoms with Crippen molar-refractivity contribution in [2.75, 3.05) is 20.2 Å². The third-order valence-electron chi connectivity index (χ3n) is 4.61. The molecular weight excluding hydrogens is 376 g/mol. The van der Waals surface area contributed by atoms with E-state index in [4.69, 9.17) is 16.3 Å². The van der Waals surface area contributed by atoms with Crippen molar-refractivity contribution in [2.45, 2.75) is 50.5 Å². The van der Waals surface area contributed by atoms with Crippen LogP contribution in [-0.4, -0.2) is 44.9 Å². The van der Waals surface area contributed by atoms with Crippen LogP contribution in [0.3, 0.4) is 0 Å². The molecule has 1 aromatic rings. The van der Waals surface area contributed by atoms with Crippen LogP contribution in [0.5, 0.6) is 5.75 Å². The molecule has 146 valence electrons. The maximum Gasteiger partial charge on any atom is 0.246 e. The van der Waals surface area contributed by atoms with Gasteiger partial charge in [0.25, 0.3) is 0 Å².